The first-order chi connectivity index (χ1) is 10.0. The summed E-state index contributed by atoms with van der Waals surface area (Å²) in [6, 6.07) is 15.4. The number of nitrogens with zero attached hydrogens (tertiary/aromatic N) is 1. The van der Waals surface area contributed by atoms with Gasteiger partial charge < -0.3 is 9.64 Å². The van der Waals surface area contributed by atoms with Gasteiger partial charge in [0.1, 0.15) is 5.75 Å². The lowest BCUT2D eigenvalue weighted by molar-refractivity contribution is -0.124. The highest BCUT2D eigenvalue weighted by molar-refractivity contribution is 5.96. The Hall–Kier alpha value is -2.29. The molecule has 0 saturated carbocycles. The molecule has 0 bridgehead atoms. The highest BCUT2D eigenvalue weighted by Gasteiger charge is 2.21. The molecule has 21 heavy (non-hydrogen) atoms. The topological polar surface area (TPSA) is 29.5 Å². The Bertz CT molecular complexity index is 622. The molecule has 0 saturated heterocycles. The van der Waals surface area contributed by atoms with Crippen LogP contribution in [0.1, 0.15) is 18.1 Å². The molecule has 2 aromatic rings. The molecule has 0 aliphatic carbocycles. The van der Waals surface area contributed by atoms with Crippen molar-refractivity contribution < 1.29 is 9.53 Å². The number of aryl methyl sites for hydroxylation is 1. The van der Waals surface area contributed by atoms with E-state index in [1.165, 1.54) is 0 Å². The van der Waals surface area contributed by atoms with Gasteiger partial charge in [-0.25, -0.2) is 0 Å². The summed E-state index contributed by atoms with van der Waals surface area (Å²) in [5.74, 6) is 0.694. The SMILES string of the molecule is Cc1cccc(O[C@H](C)C(=O)N(C)c2ccccc2)c1C. The van der Waals surface area contributed by atoms with E-state index < -0.39 is 6.10 Å². The van der Waals surface area contributed by atoms with Gasteiger partial charge in [-0.15, -0.1) is 0 Å². The van der Waals surface area contributed by atoms with Crippen LogP contribution in [0.4, 0.5) is 5.69 Å². The average molecular weight is 283 g/mol. The van der Waals surface area contributed by atoms with Crippen molar-refractivity contribution >= 4 is 11.6 Å². The Morgan fingerprint density at radius 1 is 1.05 bits per heavy atom. The Morgan fingerprint density at radius 2 is 1.71 bits per heavy atom. The number of carbonyl (C=O) groups is 1. The quantitative estimate of drug-likeness (QED) is 0.855. The van der Waals surface area contributed by atoms with E-state index >= 15 is 0 Å². The number of hydrogen-bond donors (Lipinski definition) is 0. The molecule has 0 unspecified atom stereocenters. The van der Waals surface area contributed by atoms with E-state index in [1.54, 1.807) is 18.9 Å². The van der Waals surface area contributed by atoms with Crippen LogP contribution in [0.2, 0.25) is 0 Å². The molecule has 0 aliphatic heterocycles. The van der Waals surface area contributed by atoms with Gasteiger partial charge in [-0.3, -0.25) is 4.79 Å². The molecule has 0 fully saturated rings. The van der Waals surface area contributed by atoms with Crippen LogP contribution >= 0.6 is 0 Å². The molecule has 0 aromatic heterocycles. The number of rotatable bonds is 4. The van der Waals surface area contributed by atoms with Gasteiger partial charge in [-0.05, 0) is 50.1 Å². The van der Waals surface area contributed by atoms with E-state index in [0.29, 0.717) is 0 Å². The molecule has 0 spiro atoms. The van der Waals surface area contributed by atoms with E-state index in [1.807, 2.05) is 62.4 Å². The second-order valence-corrected chi connectivity index (χ2v) is 5.19. The largest absolute Gasteiger partial charge is 0.481 e. The summed E-state index contributed by atoms with van der Waals surface area (Å²) < 4.78 is 5.84. The van der Waals surface area contributed by atoms with Crippen LogP contribution in [0.5, 0.6) is 5.75 Å². The van der Waals surface area contributed by atoms with E-state index in [4.69, 9.17) is 4.74 Å². The van der Waals surface area contributed by atoms with Crippen molar-refractivity contribution in [1.29, 1.82) is 0 Å². The molecule has 3 heteroatoms. The summed E-state index contributed by atoms with van der Waals surface area (Å²) in [4.78, 5) is 14.1. The molecule has 2 aromatic carbocycles. The molecule has 0 heterocycles. The van der Waals surface area contributed by atoms with Gasteiger partial charge in [0.2, 0.25) is 0 Å². The zero-order valence-electron chi connectivity index (χ0n) is 13.0. The monoisotopic (exact) mass is 283 g/mol. The fourth-order valence-electron chi connectivity index (χ4n) is 2.14. The first-order valence-electron chi connectivity index (χ1n) is 7.06. The average Bonchev–Trinajstić information content (AvgIpc) is 2.51. The van der Waals surface area contributed by atoms with E-state index in [2.05, 4.69) is 0 Å². The van der Waals surface area contributed by atoms with Crippen LogP contribution in [0.3, 0.4) is 0 Å². The van der Waals surface area contributed by atoms with Crippen molar-refractivity contribution in [1.82, 2.24) is 0 Å². The fraction of sp³-hybridized carbons (Fsp3) is 0.278. The van der Waals surface area contributed by atoms with Crippen molar-refractivity contribution in [2.24, 2.45) is 0 Å². The molecule has 110 valence electrons. The number of para-hydroxylation sites is 1. The smallest absolute Gasteiger partial charge is 0.267 e. The van der Waals surface area contributed by atoms with E-state index in [0.717, 1.165) is 22.6 Å². The van der Waals surface area contributed by atoms with Crippen molar-refractivity contribution in [2.75, 3.05) is 11.9 Å². The summed E-state index contributed by atoms with van der Waals surface area (Å²) in [5.41, 5.74) is 3.09. The number of amides is 1. The third-order valence-electron chi connectivity index (χ3n) is 3.68. The van der Waals surface area contributed by atoms with Crippen LogP contribution in [0.15, 0.2) is 48.5 Å². The first-order valence-corrected chi connectivity index (χ1v) is 7.06. The van der Waals surface area contributed by atoms with Crippen molar-refractivity contribution in [3.8, 4) is 5.75 Å². The zero-order valence-corrected chi connectivity index (χ0v) is 13.0. The second-order valence-electron chi connectivity index (χ2n) is 5.19. The number of hydrogen-bond acceptors (Lipinski definition) is 2. The standard InChI is InChI=1S/C18H21NO2/c1-13-9-8-12-17(14(13)2)21-15(3)18(20)19(4)16-10-6-5-7-11-16/h5-12,15H,1-4H3/t15-/m1/s1. The van der Waals surface area contributed by atoms with Crippen LogP contribution in [0.25, 0.3) is 0 Å². The van der Waals surface area contributed by atoms with Gasteiger partial charge in [-0.2, -0.15) is 0 Å². The lowest BCUT2D eigenvalue weighted by Gasteiger charge is -2.23. The molecule has 1 amide bonds. The molecule has 0 N–H and O–H groups in total. The Morgan fingerprint density at radius 3 is 2.38 bits per heavy atom. The van der Waals surface area contributed by atoms with Gasteiger partial charge in [-0.1, -0.05) is 30.3 Å². The van der Waals surface area contributed by atoms with Gasteiger partial charge >= 0.3 is 0 Å². The maximum Gasteiger partial charge on any atom is 0.267 e. The summed E-state index contributed by atoms with van der Waals surface area (Å²) in [7, 11) is 1.76. The summed E-state index contributed by atoms with van der Waals surface area (Å²) in [6.07, 6.45) is -0.532. The summed E-state index contributed by atoms with van der Waals surface area (Å²) >= 11 is 0. The maximum atomic E-state index is 12.4. The van der Waals surface area contributed by atoms with Crippen LogP contribution in [0, 0.1) is 13.8 Å². The lowest BCUT2D eigenvalue weighted by atomic mass is 10.1. The van der Waals surface area contributed by atoms with Crippen LogP contribution in [-0.2, 0) is 4.79 Å². The van der Waals surface area contributed by atoms with Crippen LogP contribution in [-0.4, -0.2) is 19.1 Å². The number of anilines is 1. The van der Waals surface area contributed by atoms with Crippen molar-refractivity contribution in [3.05, 3.63) is 59.7 Å². The van der Waals surface area contributed by atoms with Gasteiger partial charge in [0.05, 0.1) is 0 Å². The second kappa shape index (κ2) is 6.44. The lowest BCUT2D eigenvalue weighted by Crippen LogP contribution is -2.38. The zero-order chi connectivity index (χ0) is 15.4. The first kappa shape index (κ1) is 15.1. The van der Waals surface area contributed by atoms with Crippen LogP contribution < -0.4 is 9.64 Å². The van der Waals surface area contributed by atoms with E-state index in [9.17, 15) is 4.79 Å². The van der Waals surface area contributed by atoms with Gasteiger partial charge in [0, 0.05) is 12.7 Å². The third kappa shape index (κ3) is 3.43. The Kier molecular flexibility index (Phi) is 4.63. The highest BCUT2D eigenvalue weighted by Crippen LogP contribution is 2.22. The minimum Gasteiger partial charge on any atom is -0.481 e. The predicted molar refractivity (Wildman–Crippen MR) is 85.9 cm³/mol. The number of likely N-dealkylation sites (N-methyl/N-ethyl adjacent to an activating group) is 1. The number of carbonyl (C=O) groups excluding carboxylic acids is 1. The van der Waals surface area contributed by atoms with Gasteiger partial charge in [0.25, 0.3) is 5.91 Å². The normalized spacial score (nSPS) is 11.8. The Labute approximate surface area is 126 Å². The summed E-state index contributed by atoms with van der Waals surface area (Å²) in [5, 5.41) is 0. The third-order valence-corrected chi connectivity index (χ3v) is 3.68. The predicted octanol–water partition coefficient (Wildman–Crippen LogP) is 3.73. The van der Waals surface area contributed by atoms with Crippen molar-refractivity contribution in [2.45, 2.75) is 26.9 Å². The number of benzene rings is 2. The molecule has 0 radical (unpaired) electrons. The Balaban J connectivity index is 2.11. The fourth-order valence-corrected chi connectivity index (χ4v) is 2.14. The number of ether oxygens (including phenoxy) is 1. The molecular weight excluding hydrogens is 262 g/mol. The molecule has 1 atom stereocenters. The maximum absolute atomic E-state index is 12.4. The van der Waals surface area contributed by atoms with Gasteiger partial charge in [0.15, 0.2) is 6.10 Å². The minimum absolute atomic E-state index is 0.0675. The van der Waals surface area contributed by atoms with Crippen molar-refractivity contribution in [3.63, 3.8) is 0 Å². The summed E-state index contributed by atoms with van der Waals surface area (Å²) in [6.45, 7) is 5.82. The molecule has 0 aliphatic rings. The minimum atomic E-state index is -0.532. The van der Waals surface area contributed by atoms with E-state index in [-0.39, 0.29) is 5.91 Å². The molecule has 3 nitrogen and oxygen atoms in total. The molecule has 2 rings (SSSR count). The molecular formula is C18H21NO2. The highest BCUT2D eigenvalue weighted by atomic mass is 16.5.